The molecule has 0 spiro atoms. The van der Waals surface area contributed by atoms with Gasteiger partial charge in [0.05, 0.1) is 17.8 Å². The van der Waals surface area contributed by atoms with E-state index in [9.17, 15) is 22.8 Å². The van der Waals surface area contributed by atoms with Crippen LogP contribution in [0.1, 0.15) is 84.3 Å². The van der Waals surface area contributed by atoms with Crippen LogP contribution >= 0.6 is 0 Å². The number of halogens is 3. The van der Waals surface area contributed by atoms with E-state index in [-0.39, 0.29) is 40.8 Å². The zero-order valence-corrected chi connectivity index (χ0v) is 25.4. The lowest BCUT2D eigenvalue weighted by Crippen LogP contribution is -2.49. The molecule has 4 nitrogen and oxygen atoms in total. The molecular formula is C31H45F3O4Si. The number of ether oxygens (including phenoxy) is 1. The predicted octanol–water partition coefficient (Wildman–Crippen LogP) is 8.77. The van der Waals surface area contributed by atoms with Crippen molar-refractivity contribution in [1.82, 2.24) is 0 Å². The van der Waals surface area contributed by atoms with Crippen LogP contribution in [0, 0.1) is 11.8 Å². The van der Waals surface area contributed by atoms with E-state index in [0.29, 0.717) is 37.7 Å². The highest BCUT2D eigenvalue weighted by molar-refractivity contribution is 6.74. The number of alkyl halides is 3. The maximum absolute atomic E-state index is 13.0. The standard InChI is InChI=1S/C31H45F3O4Si/c1-22(2)37-29(36)13-11-9-8-10-12-24-20-26(35)21-28(38-39(6,7)30(3,4)5)27(24)19-16-23-14-17-25(18-15-23)31(32,33)34/h8,10,14-19,22,24,27-28H,9,11-13,20-21H2,1-7H3/b10-8-,19-16+/t24-,27+,28+/m0/s1. The third kappa shape index (κ3) is 10.7. The van der Waals surface area contributed by atoms with Crippen LogP contribution in [0.3, 0.4) is 0 Å². The van der Waals surface area contributed by atoms with Gasteiger partial charge in [-0.25, -0.2) is 0 Å². The van der Waals surface area contributed by atoms with Crippen molar-refractivity contribution < 1.29 is 31.9 Å². The predicted molar refractivity (Wildman–Crippen MR) is 153 cm³/mol. The number of Topliss-reactive ketones (excluding diaryl/α,β-unsaturated/α-hetero) is 1. The number of unbranched alkanes of at least 4 members (excludes halogenated alkanes) is 1. The second-order valence-corrected chi connectivity index (χ2v) is 17.1. The number of hydrogen-bond donors (Lipinski definition) is 0. The highest BCUT2D eigenvalue weighted by atomic mass is 28.4. The fourth-order valence-electron chi connectivity index (χ4n) is 4.45. The Balaban J connectivity index is 2.19. The van der Waals surface area contributed by atoms with Gasteiger partial charge in [-0.2, -0.15) is 13.2 Å². The van der Waals surface area contributed by atoms with E-state index in [1.807, 2.05) is 32.1 Å². The van der Waals surface area contributed by atoms with Gasteiger partial charge in [-0.1, -0.05) is 57.2 Å². The molecule has 0 heterocycles. The zero-order valence-electron chi connectivity index (χ0n) is 24.4. The lowest BCUT2D eigenvalue weighted by atomic mass is 9.74. The quantitative estimate of drug-likeness (QED) is 0.116. The van der Waals surface area contributed by atoms with Crippen LogP contribution in [-0.4, -0.2) is 32.3 Å². The average molecular weight is 567 g/mol. The molecule has 0 amide bonds. The van der Waals surface area contributed by atoms with Gasteiger partial charge >= 0.3 is 12.1 Å². The van der Waals surface area contributed by atoms with E-state index in [1.165, 1.54) is 12.1 Å². The lowest BCUT2D eigenvalue weighted by molar-refractivity contribution is -0.147. The third-order valence-corrected chi connectivity index (χ3v) is 12.1. The molecule has 39 heavy (non-hydrogen) atoms. The molecular weight excluding hydrogens is 521 g/mol. The molecule has 0 radical (unpaired) electrons. The minimum absolute atomic E-state index is 0.0221. The second kappa shape index (κ2) is 13.9. The van der Waals surface area contributed by atoms with E-state index in [4.69, 9.17) is 9.16 Å². The van der Waals surface area contributed by atoms with Gasteiger partial charge in [0.1, 0.15) is 5.78 Å². The average Bonchev–Trinajstić information content (AvgIpc) is 2.79. The summed E-state index contributed by atoms with van der Waals surface area (Å²) in [5.74, 6) is -0.0539. The molecule has 1 aliphatic carbocycles. The Morgan fingerprint density at radius 1 is 1.08 bits per heavy atom. The summed E-state index contributed by atoms with van der Waals surface area (Å²) in [7, 11) is -2.17. The topological polar surface area (TPSA) is 52.6 Å². The lowest BCUT2D eigenvalue weighted by Gasteiger charge is -2.44. The second-order valence-electron chi connectivity index (χ2n) is 12.3. The first-order chi connectivity index (χ1) is 18.0. The van der Waals surface area contributed by atoms with Crippen molar-refractivity contribution in [2.75, 3.05) is 0 Å². The summed E-state index contributed by atoms with van der Waals surface area (Å²) in [6.45, 7) is 14.5. The molecule has 8 heteroatoms. The molecule has 1 saturated carbocycles. The van der Waals surface area contributed by atoms with Gasteiger partial charge in [0, 0.05) is 25.2 Å². The fourth-order valence-corrected chi connectivity index (χ4v) is 5.80. The first-order valence-electron chi connectivity index (χ1n) is 13.9. The summed E-state index contributed by atoms with van der Waals surface area (Å²) in [4.78, 5) is 24.5. The Morgan fingerprint density at radius 3 is 2.28 bits per heavy atom. The SMILES string of the molecule is CC(C)OC(=O)CCC/C=C\C[C@H]1CC(=O)C[C@@H](O[Si](C)(C)C(C)(C)C)[C@@H]1/C=C/c1ccc(C(F)(F)F)cc1. The molecule has 218 valence electrons. The molecule has 0 unspecified atom stereocenters. The van der Waals surface area contributed by atoms with E-state index in [2.05, 4.69) is 39.9 Å². The highest BCUT2D eigenvalue weighted by Crippen LogP contribution is 2.42. The monoisotopic (exact) mass is 566 g/mol. The molecule has 1 aromatic rings. The summed E-state index contributed by atoms with van der Waals surface area (Å²) in [6, 6.07) is 5.11. The van der Waals surface area contributed by atoms with Crippen LogP contribution in [0.2, 0.25) is 18.1 Å². The largest absolute Gasteiger partial charge is 0.463 e. The summed E-state index contributed by atoms with van der Waals surface area (Å²) in [5.41, 5.74) is -0.00363. The summed E-state index contributed by atoms with van der Waals surface area (Å²) in [5, 5.41) is -0.0265. The number of rotatable bonds is 11. The Bertz CT molecular complexity index is 1000. The van der Waals surface area contributed by atoms with Gasteiger partial charge in [0.15, 0.2) is 8.32 Å². The van der Waals surface area contributed by atoms with Gasteiger partial charge in [-0.15, -0.1) is 0 Å². The third-order valence-electron chi connectivity index (χ3n) is 7.62. The normalized spacial score (nSPS) is 21.3. The van der Waals surface area contributed by atoms with Gasteiger partial charge in [0.2, 0.25) is 0 Å². The van der Waals surface area contributed by atoms with Gasteiger partial charge in [0.25, 0.3) is 0 Å². The summed E-state index contributed by atoms with van der Waals surface area (Å²) in [6.07, 6.45) is 6.47. The van der Waals surface area contributed by atoms with Crippen LogP contribution < -0.4 is 0 Å². The smallest absolute Gasteiger partial charge is 0.416 e. The number of benzene rings is 1. The Kier molecular flexibility index (Phi) is 11.8. The number of ketones is 1. The van der Waals surface area contributed by atoms with E-state index >= 15 is 0 Å². The van der Waals surface area contributed by atoms with E-state index in [0.717, 1.165) is 18.6 Å². The van der Waals surface area contributed by atoms with Crippen LogP contribution in [-0.2, 0) is 24.9 Å². The van der Waals surface area contributed by atoms with Crippen LogP contribution in [0.5, 0.6) is 0 Å². The summed E-state index contributed by atoms with van der Waals surface area (Å²) < 4.78 is 50.9. The van der Waals surface area contributed by atoms with Crippen molar-refractivity contribution in [3.05, 3.63) is 53.6 Å². The van der Waals surface area contributed by atoms with Crippen molar-refractivity contribution in [1.29, 1.82) is 0 Å². The molecule has 1 aliphatic rings. The Hall–Kier alpha value is -2.19. The number of esters is 1. The maximum Gasteiger partial charge on any atom is 0.416 e. The summed E-state index contributed by atoms with van der Waals surface area (Å²) >= 11 is 0. The minimum Gasteiger partial charge on any atom is -0.463 e. The van der Waals surface area contributed by atoms with Crippen LogP contribution in [0.4, 0.5) is 13.2 Å². The molecule has 0 bridgehead atoms. The van der Waals surface area contributed by atoms with Crippen LogP contribution in [0.15, 0.2) is 42.5 Å². The first kappa shape index (κ1) is 33.0. The van der Waals surface area contributed by atoms with Crippen molar-refractivity contribution in [2.24, 2.45) is 11.8 Å². The van der Waals surface area contributed by atoms with Gasteiger partial charge in [-0.3, -0.25) is 9.59 Å². The van der Waals surface area contributed by atoms with Crippen molar-refractivity contribution in [2.45, 2.75) is 110 Å². The van der Waals surface area contributed by atoms with Crippen molar-refractivity contribution in [3.8, 4) is 0 Å². The minimum atomic E-state index is -4.37. The number of carbonyl (C=O) groups excluding carboxylic acids is 2. The van der Waals surface area contributed by atoms with E-state index < -0.39 is 20.1 Å². The van der Waals surface area contributed by atoms with Gasteiger partial charge in [-0.05, 0) is 74.9 Å². The van der Waals surface area contributed by atoms with Crippen molar-refractivity contribution in [3.63, 3.8) is 0 Å². The molecule has 0 saturated heterocycles. The molecule has 2 rings (SSSR count). The zero-order chi connectivity index (χ0) is 29.4. The van der Waals surface area contributed by atoms with Crippen LogP contribution in [0.25, 0.3) is 6.08 Å². The van der Waals surface area contributed by atoms with E-state index in [1.54, 1.807) is 0 Å². The molecule has 0 aromatic heterocycles. The Morgan fingerprint density at radius 2 is 1.72 bits per heavy atom. The maximum atomic E-state index is 13.0. The first-order valence-corrected chi connectivity index (χ1v) is 16.8. The molecule has 0 N–H and O–H groups in total. The van der Waals surface area contributed by atoms with Gasteiger partial charge < -0.3 is 9.16 Å². The fraction of sp³-hybridized carbons (Fsp3) is 0.613. The number of carbonyl (C=O) groups is 2. The molecule has 0 aliphatic heterocycles. The number of hydrogen-bond acceptors (Lipinski definition) is 4. The number of allylic oxidation sites excluding steroid dienone is 2. The Labute approximate surface area is 233 Å². The molecule has 1 aromatic carbocycles. The van der Waals surface area contributed by atoms with Crippen molar-refractivity contribution >= 4 is 26.1 Å². The molecule has 1 fully saturated rings. The molecule has 3 atom stereocenters. The highest BCUT2D eigenvalue weighted by Gasteiger charge is 2.44.